The Labute approximate surface area is 251 Å². The predicted octanol–water partition coefficient (Wildman–Crippen LogP) is 5.02. The molecule has 0 radical (unpaired) electrons. The molecule has 0 aromatic heterocycles. The van der Waals surface area contributed by atoms with Gasteiger partial charge in [0, 0.05) is 18.2 Å². The lowest BCUT2D eigenvalue weighted by Crippen LogP contribution is -2.79. The van der Waals surface area contributed by atoms with Crippen molar-refractivity contribution < 1.29 is 24.2 Å². The number of likely N-dealkylation sites (tertiary alicyclic amines) is 1. The van der Waals surface area contributed by atoms with E-state index in [9.17, 15) is 14.7 Å². The van der Waals surface area contributed by atoms with Gasteiger partial charge in [-0.15, -0.1) is 0 Å². The van der Waals surface area contributed by atoms with Crippen LogP contribution in [0.3, 0.4) is 0 Å². The minimum absolute atomic E-state index is 0.0155. The highest BCUT2D eigenvalue weighted by molar-refractivity contribution is 5.92. The highest BCUT2D eigenvalue weighted by Crippen LogP contribution is 2.67. The molecular weight excluding hydrogens is 540 g/mol. The molecule has 7 heteroatoms. The van der Waals surface area contributed by atoms with E-state index in [0.29, 0.717) is 30.1 Å². The fourth-order valence-corrected chi connectivity index (χ4v) is 8.57. The Morgan fingerprint density at radius 2 is 1.77 bits per heavy atom. The zero-order valence-electron chi connectivity index (χ0n) is 24.1. The second-order valence-electron chi connectivity index (χ2n) is 12.9. The molecule has 8 rings (SSSR count). The standard InChI is InChI=1S/C36H36N2O5/c39-28-15-14-26-21-29-36(43-34(41)25-9-5-2-6-10-25)18-17-27(37-30(40)16-13-23-7-3-1-4-8-23)33-35(36,31(26)32(28)42-33)19-20-38(29)22-24-11-12-24/h1-10,13-16,24,27,29,33,39H,11-12,17-22H2,(H,37,40)/b16-13+/t27-,29-,33+,35+,36-/m1/s1. The SMILES string of the molecule is O=C(/C=C/c1ccccc1)N[C@@H]1CC[C@@]2(OC(=O)c3ccccc3)[C@H]3Cc4ccc(O)c5c4[C@@]2(CCN3CC2CC2)[C@H]1O5. The summed E-state index contributed by atoms with van der Waals surface area (Å²) in [7, 11) is 0. The van der Waals surface area contributed by atoms with Crippen LogP contribution in [-0.2, 0) is 21.4 Å². The van der Waals surface area contributed by atoms with E-state index in [2.05, 4.69) is 10.2 Å². The number of carbonyl (C=O) groups is 2. The maximum Gasteiger partial charge on any atom is 0.338 e. The minimum Gasteiger partial charge on any atom is -0.504 e. The monoisotopic (exact) mass is 576 g/mol. The van der Waals surface area contributed by atoms with Crippen molar-refractivity contribution in [2.24, 2.45) is 5.92 Å². The Hall–Kier alpha value is -4.10. The normalized spacial score (nSPS) is 30.4. The van der Waals surface area contributed by atoms with Crippen LogP contribution in [0, 0.1) is 5.92 Å². The second kappa shape index (κ2) is 9.98. The van der Waals surface area contributed by atoms with Crippen LogP contribution in [-0.4, -0.2) is 58.8 Å². The first-order chi connectivity index (χ1) is 21.0. The number of ether oxygens (including phenoxy) is 2. The molecule has 3 aromatic carbocycles. The van der Waals surface area contributed by atoms with E-state index in [1.54, 1.807) is 24.3 Å². The van der Waals surface area contributed by atoms with Gasteiger partial charge in [-0.2, -0.15) is 0 Å². The number of phenols is 1. The maximum atomic E-state index is 13.9. The number of nitrogens with one attached hydrogen (secondary N) is 1. The van der Waals surface area contributed by atoms with Crippen molar-refractivity contribution in [1.29, 1.82) is 0 Å². The third-order valence-corrected chi connectivity index (χ3v) is 10.6. The maximum absolute atomic E-state index is 13.9. The van der Waals surface area contributed by atoms with Gasteiger partial charge in [0.25, 0.3) is 0 Å². The van der Waals surface area contributed by atoms with Crippen molar-refractivity contribution >= 4 is 18.0 Å². The van der Waals surface area contributed by atoms with Crippen LogP contribution < -0.4 is 10.1 Å². The molecule has 3 aromatic rings. The number of nitrogens with zero attached hydrogens (tertiary/aromatic N) is 1. The van der Waals surface area contributed by atoms with Crippen molar-refractivity contribution in [3.05, 3.63) is 101 Å². The van der Waals surface area contributed by atoms with E-state index in [1.165, 1.54) is 12.8 Å². The number of aromatic hydroxyl groups is 1. The van der Waals surface area contributed by atoms with Crippen molar-refractivity contribution in [3.8, 4) is 11.5 Å². The average Bonchev–Trinajstić information content (AvgIpc) is 3.78. The van der Waals surface area contributed by atoms with E-state index in [1.807, 2.05) is 60.7 Å². The molecule has 1 amide bonds. The number of piperidine rings is 1. The molecule has 220 valence electrons. The quantitative estimate of drug-likeness (QED) is 0.304. The topological polar surface area (TPSA) is 88.1 Å². The van der Waals surface area contributed by atoms with Gasteiger partial charge in [0.15, 0.2) is 11.5 Å². The predicted molar refractivity (Wildman–Crippen MR) is 162 cm³/mol. The Morgan fingerprint density at radius 1 is 1.00 bits per heavy atom. The summed E-state index contributed by atoms with van der Waals surface area (Å²) in [5.41, 5.74) is 2.04. The number of benzene rings is 3. The van der Waals surface area contributed by atoms with E-state index >= 15 is 0 Å². The Bertz CT molecular complexity index is 1600. The molecule has 2 N–H and O–H groups in total. The Kier molecular flexibility index (Phi) is 6.16. The second-order valence-corrected chi connectivity index (χ2v) is 12.9. The summed E-state index contributed by atoms with van der Waals surface area (Å²) in [6.45, 7) is 1.86. The van der Waals surface area contributed by atoms with Gasteiger partial charge in [0.05, 0.1) is 23.1 Å². The summed E-state index contributed by atoms with van der Waals surface area (Å²) in [5.74, 6) is 0.746. The molecule has 2 bridgehead atoms. The third-order valence-electron chi connectivity index (χ3n) is 10.6. The van der Waals surface area contributed by atoms with Crippen molar-refractivity contribution in [2.75, 3.05) is 13.1 Å². The number of phenolic OH excluding ortho intramolecular Hbond substituents is 1. The van der Waals surface area contributed by atoms with E-state index in [0.717, 1.165) is 42.6 Å². The number of esters is 1. The molecule has 0 unspecified atom stereocenters. The number of rotatable bonds is 7. The van der Waals surface area contributed by atoms with Gasteiger partial charge in [-0.25, -0.2) is 4.79 Å². The van der Waals surface area contributed by atoms with Gasteiger partial charge in [-0.05, 0) is 86.4 Å². The van der Waals surface area contributed by atoms with E-state index in [-0.39, 0.29) is 29.7 Å². The Balaban J connectivity index is 1.21. The van der Waals surface area contributed by atoms with Crippen LogP contribution in [0.2, 0.25) is 0 Å². The van der Waals surface area contributed by atoms with Crippen LogP contribution in [0.15, 0.2) is 78.9 Å². The number of hydrogen-bond acceptors (Lipinski definition) is 6. The molecule has 5 aliphatic rings. The molecule has 1 spiro atoms. The highest BCUT2D eigenvalue weighted by Gasteiger charge is 2.75. The summed E-state index contributed by atoms with van der Waals surface area (Å²) in [5, 5.41) is 14.3. The molecule has 7 nitrogen and oxygen atoms in total. The molecular formula is C36H36N2O5. The highest BCUT2D eigenvalue weighted by atomic mass is 16.6. The lowest BCUT2D eigenvalue weighted by Gasteiger charge is -2.65. The van der Waals surface area contributed by atoms with Crippen LogP contribution in [0.25, 0.3) is 6.08 Å². The summed E-state index contributed by atoms with van der Waals surface area (Å²) in [6.07, 6.45) is 8.03. The molecule has 43 heavy (non-hydrogen) atoms. The van der Waals surface area contributed by atoms with Gasteiger partial charge in [-0.1, -0.05) is 54.6 Å². The summed E-state index contributed by atoms with van der Waals surface area (Å²) >= 11 is 0. The van der Waals surface area contributed by atoms with Crippen LogP contribution in [0.5, 0.6) is 11.5 Å². The van der Waals surface area contributed by atoms with Crippen LogP contribution in [0.1, 0.15) is 59.2 Å². The lowest BCUT2D eigenvalue weighted by atomic mass is 9.48. The Morgan fingerprint density at radius 3 is 2.53 bits per heavy atom. The lowest BCUT2D eigenvalue weighted by molar-refractivity contribution is -0.193. The summed E-state index contributed by atoms with van der Waals surface area (Å²) in [4.78, 5) is 29.7. The fraction of sp³-hybridized carbons (Fsp3) is 0.389. The first kappa shape index (κ1) is 26.5. The molecule has 5 atom stereocenters. The molecule has 2 aliphatic heterocycles. The fourth-order valence-electron chi connectivity index (χ4n) is 8.57. The van der Waals surface area contributed by atoms with Crippen molar-refractivity contribution in [1.82, 2.24) is 10.2 Å². The van der Waals surface area contributed by atoms with Crippen LogP contribution >= 0.6 is 0 Å². The first-order valence-electron chi connectivity index (χ1n) is 15.6. The number of carbonyl (C=O) groups excluding carboxylic acids is 2. The zero-order chi connectivity index (χ0) is 29.2. The van der Waals surface area contributed by atoms with E-state index in [4.69, 9.17) is 9.47 Å². The third kappa shape index (κ3) is 4.12. The number of hydrogen-bond donors (Lipinski definition) is 2. The smallest absolute Gasteiger partial charge is 0.338 e. The summed E-state index contributed by atoms with van der Waals surface area (Å²) < 4.78 is 13.6. The first-order valence-corrected chi connectivity index (χ1v) is 15.6. The number of amides is 1. The zero-order valence-corrected chi connectivity index (χ0v) is 24.1. The molecule has 2 saturated carbocycles. The van der Waals surface area contributed by atoms with Gasteiger partial charge in [0.2, 0.25) is 5.91 Å². The van der Waals surface area contributed by atoms with Crippen LogP contribution in [0.4, 0.5) is 0 Å². The molecule has 3 aliphatic carbocycles. The largest absolute Gasteiger partial charge is 0.504 e. The molecule has 3 fully saturated rings. The average molecular weight is 577 g/mol. The molecule has 2 heterocycles. The van der Waals surface area contributed by atoms with Crippen molar-refractivity contribution in [2.45, 2.75) is 67.7 Å². The van der Waals surface area contributed by atoms with Gasteiger partial charge in [0.1, 0.15) is 11.7 Å². The van der Waals surface area contributed by atoms with Gasteiger partial charge >= 0.3 is 5.97 Å². The van der Waals surface area contributed by atoms with Gasteiger partial charge in [-0.3, -0.25) is 9.69 Å². The van der Waals surface area contributed by atoms with Crippen molar-refractivity contribution in [3.63, 3.8) is 0 Å². The summed E-state index contributed by atoms with van der Waals surface area (Å²) in [6, 6.07) is 22.4. The minimum atomic E-state index is -0.856. The molecule has 1 saturated heterocycles. The van der Waals surface area contributed by atoms with E-state index < -0.39 is 17.1 Å². The van der Waals surface area contributed by atoms with Gasteiger partial charge < -0.3 is 19.9 Å².